The standard InChI is InChI=1S/C12H17N3O6/c16-10(15-3-5-20-6-4-15)1-2-13-11(17)9-7-8(12(18)19)14-21-9/h9H,1-7H2,(H,13,17)(H,18,19). The van der Waals surface area contributed by atoms with Gasteiger partial charge in [-0.25, -0.2) is 4.79 Å². The summed E-state index contributed by atoms with van der Waals surface area (Å²) in [6.45, 7) is 2.37. The Kier molecular flexibility index (Phi) is 5.09. The quantitative estimate of drug-likeness (QED) is 0.643. The maximum atomic E-state index is 11.8. The molecule has 2 aliphatic heterocycles. The van der Waals surface area contributed by atoms with Gasteiger partial charge in [-0.1, -0.05) is 5.16 Å². The Morgan fingerprint density at radius 3 is 2.67 bits per heavy atom. The number of carboxylic acids is 1. The van der Waals surface area contributed by atoms with Crippen LogP contribution in [0.2, 0.25) is 0 Å². The van der Waals surface area contributed by atoms with Gasteiger partial charge in [-0.2, -0.15) is 0 Å². The smallest absolute Gasteiger partial charge is 0.353 e. The summed E-state index contributed by atoms with van der Waals surface area (Å²) < 4.78 is 5.15. The summed E-state index contributed by atoms with van der Waals surface area (Å²) in [6.07, 6.45) is -0.821. The Morgan fingerprint density at radius 1 is 1.33 bits per heavy atom. The number of morpholine rings is 1. The van der Waals surface area contributed by atoms with Crippen molar-refractivity contribution in [2.24, 2.45) is 5.16 Å². The number of amides is 2. The minimum absolute atomic E-state index is 0.0478. The van der Waals surface area contributed by atoms with Crippen molar-refractivity contribution in [1.82, 2.24) is 10.2 Å². The van der Waals surface area contributed by atoms with Crippen molar-refractivity contribution in [3.05, 3.63) is 0 Å². The van der Waals surface area contributed by atoms with Gasteiger partial charge in [0, 0.05) is 32.5 Å². The average Bonchev–Trinajstić information content (AvgIpc) is 2.98. The second-order valence-corrected chi connectivity index (χ2v) is 4.68. The molecule has 0 aliphatic carbocycles. The van der Waals surface area contributed by atoms with Crippen LogP contribution in [-0.2, 0) is 24.0 Å². The monoisotopic (exact) mass is 299 g/mol. The average molecular weight is 299 g/mol. The van der Waals surface area contributed by atoms with E-state index in [9.17, 15) is 14.4 Å². The van der Waals surface area contributed by atoms with Gasteiger partial charge in [0.2, 0.25) is 12.0 Å². The van der Waals surface area contributed by atoms with Crippen molar-refractivity contribution in [2.45, 2.75) is 18.9 Å². The van der Waals surface area contributed by atoms with E-state index in [4.69, 9.17) is 14.7 Å². The summed E-state index contributed by atoms with van der Waals surface area (Å²) in [6, 6.07) is 0. The molecule has 0 radical (unpaired) electrons. The number of rotatable bonds is 5. The molecule has 1 fully saturated rings. The molecule has 21 heavy (non-hydrogen) atoms. The van der Waals surface area contributed by atoms with Gasteiger partial charge >= 0.3 is 5.97 Å². The molecule has 0 aromatic heterocycles. The third-order valence-corrected chi connectivity index (χ3v) is 3.21. The van der Waals surface area contributed by atoms with Crippen molar-refractivity contribution in [1.29, 1.82) is 0 Å². The number of oxime groups is 1. The van der Waals surface area contributed by atoms with E-state index < -0.39 is 18.0 Å². The van der Waals surface area contributed by atoms with Crippen LogP contribution in [0.4, 0.5) is 0 Å². The Morgan fingerprint density at radius 2 is 2.05 bits per heavy atom. The second kappa shape index (κ2) is 7.02. The van der Waals surface area contributed by atoms with Crippen molar-refractivity contribution < 1.29 is 29.1 Å². The van der Waals surface area contributed by atoms with Gasteiger partial charge in [-0.3, -0.25) is 9.59 Å². The van der Waals surface area contributed by atoms with E-state index in [-0.39, 0.29) is 31.0 Å². The van der Waals surface area contributed by atoms with Crippen LogP contribution >= 0.6 is 0 Å². The van der Waals surface area contributed by atoms with E-state index >= 15 is 0 Å². The molecule has 0 aromatic rings. The number of nitrogens with zero attached hydrogens (tertiary/aromatic N) is 2. The molecule has 0 aromatic carbocycles. The van der Waals surface area contributed by atoms with Crippen molar-refractivity contribution in [2.75, 3.05) is 32.8 Å². The number of ether oxygens (including phenoxy) is 1. The van der Waals surface area contributed by atoms with E-state index in [0.717, 1.165) is 0 Å². The zero-order valence-electron chi connectivity index (χ0n) is 11.4. The van der Waals surface area contributed by atoms with Crippen LogP contribution in [0.1, 0.15) is 12.8 Å². The summed E-state index contributed by atoms with van der Waals surface area (Å²) in [5, 5.41) is 14.6. The third kappa shape index (κ3) is 4.15. The minimum atomic E-state index is -1.20. The fourth-order valence-corrected chi connectivity index (χ4v) is 2.02. The van der Waals surface area contributed by atoms with Gasteiger partial charge in [0.05, 0.1) is 13.2 Å². The summed E-state index contributed by atoms with van der Waals surface area (Å²) in [7, 11) is 0. The molecule has 0 saturated carbocycles. The first-order valence-electron chi connectivity index (χ1n) is 6.67. The Hall–Kier alpha value is -2.16. The van der Waals surface area contributed by atoms with Crippen LogP contribution in [0.25, 0.3) is 0 Å². The molecule has 2 rings (SSSR count). The predicted octanol–water partition coefficient (Wildman–Crippen LogP) is -1.42. The van der Waals surface area contributed by atoms with Gasteiger partial charge in [-0.05, 0) is 0 Å². The molecular weight excluding hydrogens is 282 g/mol. The van der Waals surface area contributed by atoms with Gasteiger partial charge in [-0.15, -0.1) is 0 Å². The second-order valence-electron chi connectivity index (χ2n) is 4.68. The number of aliphatic carboxylic acids is 1. The van der Waals surface area contributed by atoms with Gasteiger partial charge in [0.15, 0.2) is 5.71 Å². The Bertz CT molecular complexity index is 458. The summed E-state index contributed by atoms with van der Waals surface area (Å²) in [5.74, 6) is -1.72. The first-order valence-corrected chi connectivity index (χ1v) is 6.67. The van der Waals surface area contributed by atoms with Crippen molar-refractivity contribution >= 4 is 23.5 Å². The maximum absolute atomic E-state index is 11.8. The van der Waals surface area contributed by atoms with E-state index in [1.54, 1.807) is 4.90 Å². The number of hydrogen-bond donors (Lipinski definition) is 2. The first-order chi connectivity index (χ1) is 10.1. The zero-order chi connectivity index (χ0) is 15.2. The summed E-state index contributed by atoms with van der Waals surface area (Å²) in [5.41, 5.74) is -0.181. The number of carboxylic acid groups (broad SMARTS) is 1. The van der Waals surface area contributed by atoms with Crippen LogP contribution in [0, 0.1) is 0 Å². The molecule has 2 aliphatic rings. The molecule has 1 saturated heterocycles. The van der Waals surface area contributed by atoms with Crippen LogP contribution in [0.15, 0.2) is 5.16 Å². The molecule has 1 unspecified atom stereocenters. The highest BCUT2D eigenvalue weighted by Crippen LogP contribution is 2.10. The summed E-state index contributed by atoms with van der Waals surface area (Å²) in [4.78, 5) is 40.6. The molecule has 2 heterocycles. The van der Waals surface area contributed by atoms with E-state index in [2.05, 4.69) is 10.5 Å². The lowest BCUT2D eigenvalue weighted by atomic mass is 10.1. The number of nitrogens with one attached hydrogen (secondary N) is 1. The van der Waals surface area contributed by atoms with Crippen molar-refractivity contribution in [3.8, 4) is 0 Å². The SMILES string of the molecule is O=C(O)C1=NOC(C(=O)NCCC(=O)N2CCOCC2)C1. The maximum Gasteiger partial charge on any atom is 0.353 e. The summed E-state index contributed by atoms with van der Waals surface area (Å²) >= 11 is 0. The first kappa shape index (κ1) is 15.2. The fraction of sp³-hybridized carbons (Fsp3) is 0.667. The van der Waals surface area contributed by atoms with E-state index in [1.165, 1.54) is 0 Å². The van der Waals surface area contributed by atoms with Gasteiger partial charge in [0.25, 0.3) is 5.91 Å². The minimum Gasteiger partial charge on any atom is -0.477 e. The molecule has 9 nitrogen and oxygen atoms in total. The lowest BCUT2D eigenvalue weighted by Gasteiger charge is -2.26. The molecule has 1 atom stereocenters. The lowest BCUT2D eigenvalue weighted by Crippen LogP contribution is -2.43. The molecule has 116 valence electrons. The van der Waals surface area contributed by atoms with Crippen LogP contribution < -0.4 is 5.32 Å². The largest absolute Gasteiger partial charge is 0.477 e. The molecule has 0 bridgehead atoms. The molecular formula is C12H17N3O6. The third-order valence-electron chi connectivity index (χ3n) is 3.21. The molecule has 2 N–H and O–H groups in total. The lowest BCUT2D eigenvalue weighted by molar-refractivity contribution is -0.135. The van der Waals surface area contributed by atoms with Crippen LogP contribution in [0.5, 0.6) is 0 Å². The van der Waals surface area contributed by atoms with Gasteiger partial charge in [0.1, 0.15) is 0 Å². The number of hydrogen-bond acceptors (Lipinski definition) is 6. The van der Waals surface area contributed by atoms with Crippen LogP contribution in [-0.4, -0.2) is 72.5 Å². The highest BCUT2D eigenvalue weighted by Gasteiger charge is 2.31. The zero-order valence-corrected chi connectivity index (χ0v) is 11.4. The Labute approximate surface area is 120 Å². The number of carbonyl (C=O) groups excluding carboxylic acids is 2. The fourth-order valence-electron chi connectivity index (χ4n) is 2.02. The van der Waals surface area contributed by atoms with Gasteiger partial charge < -0.3 is 24.9 Å². The molecule has 0 spiro atoms. The highest BCUT2D eigenvalue weighted by molar-refractivity contribution is 6.36. The Balaban J connectivity index is 1.66. The van der Waals surface area contributed by atoms with Crippen molar-refractivity contribution in [3.63, 3.8) is 0 Å². The topological polar surface area (TPSA) is 118 Å². The van der Waals surface area contributed by atoms with E-state index in [0.29, 0.717) is 26.3 Å². The van der Waals surface area contributed by atoms with Crippen LogP contribution in [0.3, 0.4) is 0 Å². The van der Waals surface area contributed by atoms with E-state index in [1.807, 2.05) is 0 Å². The molecule has 2 amide bonds. The number of carbonyl (C=O) groups is 3. The molecule has 9 heteroatoms. The normalized spacial score (nSPS) is 21.4. The predicted molar refractivity (Wildman–Crippen MR) is 69.6 cm³/mol. The highest BCUT2D eigenvalue weighted by atomic mass is 16.6.